The van der Waals surface area contributed by atoms with Crippen molar-refractivity contribution in [2.24, 2.45) is 0 Å². The average molecular weight is 427 g/mol. The molecule has 0 unspecified atom stereocenters. The molecule has 1 N–H and O–H groups in total. The second-order valence-corrected chi connectivity index (χ2v) is 7.86. The second-order valence-electron chi connectivity index (χ2n) is 6.85. The number of aromatic hydroxyl groups is 1. The van der Waals surface area contributed by atoms with E-state index in [1.54, 1.807) is 43.5 Å². The van der Waals surface area contributed by atoms with Crippen LogP contribution in [0.25, 0.3) is 38.4 Å². The Bertz CT molecular complexity index is 1520. The molecule has 152 valence electrons. The van der Waals surface area contributed by atoms with Crippen LogP contribution in [0.15, 0.2) is 71.5 Å². The van der Waals surface area contributed by atoms with Gasteiger partial charge in [0.25, 0.3) is 5.56 Å². The third kappa shape index (κ3) is 3.45. The number of fused-ring (bicyclic) bond motifs is 2. The molecule has 3 aromatic carbocycles. The molecule has 0 saturated heterocycles. The van der Waals surface area contributed by atoms with Gasteiger partial charge in [-0.05, 0) is 48.6 Å². The van der Waals surface area contributed by atoms with Gasteiger partial charge in [0.1, 0.15) is 17.3 Å². The van der Waals surface area contributed by atoms with Gasteiger partial charge in [-0.15, -0.1) is 0 Å². The summed E-state index contributed by atoms with van der Waals surface area (Å²) in [5.74, 6) is 1.31. The summed E-state index contributed by atoms with van der Waals surface area (Å²) in [4.78, 5) is 22.8. The molecule has 2 aromatic heterocycles. The van der Waals surface area contributed by atoms with E-state index in [2.05, 4.69) is 4.98 Å². The molecule has 0 aliphatic rings. The molecule has 0 saturated carbocycles. The van der Waals surface area contributed by atoms with Crippen molar-refractivity contribution in [3.63, 3.8) is 0 Å². The number of thiazole rings is 1. The summed E-state index contributed by atoms with van der Waals surface area (Å²) in [5.41, 5.74) is 1.80. The van der Waals surface area contributed by atoms with E-state index in [-0.39, 0.29) is 11.3 Å². The number of ether oxygens (including phenoxy) is 1. The van der Waals surface area contributed by atoms with E-state index < -0.39 is 0 Å². The first kappa shape index (κ1) is 19.0. The Balaban J connectivity index is 1.74. The molecular weight excluding hydrogens is 410 g/mol. The maximum atomic E-state index is 13.4. The third-order valence-corrected chi connectivity index (χ3v) is 5.93. The van der Waals surface area contributed by atoms with Gasteiger partial charge in [0.15, 0.2) is 5.13 Å². The lowest BCUT2D eigenvalue weighted by Gasteiger charge is -2.08. The van der Waals surface area contributed by atoms with Crippen molar-refractivity contribution in [3.8, 4) is 16.6 Å². The van der Waals surface area contributed by atoms with Crippen molar-refractivity contribution in [2.75, 3.05) is 7.11 Å². The van der Waals surface area contributed by atoms with Gasteiger partial charge in [-0.2, -0.15) is 0 Å². The van der Waals surface area contributed by atoms with Crippen molar-refractivity contribution in [3.05, 3.63) is 88.5 Å². The smallest absolute Gasteiger partial charge is 0.268 e. The predicted octanol–water partition coefficient (Wildman–Crippen LogP) is 4.88. The number of hydrogen-bond donors (Lipinski definition) is 1. The Morgan fingerprint density at radius 2 is 1.77 bits per heavy atom. The zero-order valence-corrected chi connectivity index (χ0v) is 17.3. The number of nitrogens with zero attached hydrogens (tertiary/aromatic N) is 3. The van der Waals surface area contributed by atoms with Crippen LogP contribution in [0.5, 0.6) is 11.5 Å². The van der Waals surface area contributed by atoms with Gasteiger partial charge in [-0.3, -0.25) is 4.79 Å². The second kappa shape index (κ2) is 7.70. The van der Waals surface area contributed by atoms with Gasteiger partial charge in [-0.25, -0.2) is 14.5 Å². The number of hydrogen-bond acceptors (Lipinski definition) is 6. The molecule has 5 aromatic rings. The van der Waals surface area contributed by atoms with E-state index in [0.29, 0.717) is 27.4 Å². The molecule has 0 spiro atoms. The Labute approximate surface area is 181 Å². The van der Waals surface area contributed by atoms with Crippen LogP contribution in [0.3, 0.4) is 0 Å². The number of methoxy groups -OCH3 is 1. The molecule has 0 aliphatic heterocycles. The number of phenols is 1. The van der Waals surface area contributed by atoms with E-state index in [0.717, 1.165) is 16.0 Å². The zero-order chi connectivity index (χ0) is 21.4. The Morgan fingerprint density at radius 3 is 2.61 bits per heavy atom. The monoisotopic (exact) mass is 427 g/mol. The van der Waals surface area contributed by atoms with Crippen molar-refractivity contribution in [1.29, 1.82) is 0 Å². The highest BCUT2D eigenvalue weighted by atomic mass is 32.1. The molecule has 31 heavy (non-hydrogen) atoms. The Morgan fingerprint density at radius 1 is 0.968 bits per heavy atom. The molecule has 0 aliphatic carbocycles. The molecule has 5 rings (SSSR count). The van der Waals surface area contributed by atoms with Crippen molar-refractivity contribution in [2.45, 2.75) is 0 Å². The minimum absolute atomic E-state index is 0.153. The lowest BCUT2D eigenvalue weighted by atomic mass is 10.2. The van der Waals surface area contributed by atoms with E-state index in [1.807, 2.05) is 42.5 Å². The number of aromatic nitrogens is 3. The van der Waals surface area contributed by atoms with Gasteiger partial charge in [0.05, 0.1) is 28.2 Å². The van der Waals surface area contributed by atoms with E-state index in [4.69, 9.17) is 9.72 Å². The van der Waals surface area contributed by atoms with E-state index in [1.165, 1.54) is 15.9 Å². The van der Waals surface area contributed by atoms with Gasteiger partial charge in [0, 0.05) is 5.56 Å². The molecule has 7 heteroatoms. The fourth-order valence-corrected chi connectivity index (χ4v) is 4.36. The third-order valence-electron chi connectivity index (χ3n) is 4.93. The fourth-order valence-electron chi connectivity index (χ4n) is 3.35. The average Bonchev–Trinajstić information content (AvgIpc) is 3.21. The highest BCUT2D eigenvalue weighted by Gasteiger charge is 2.15. The summed E-state index contributed by atoms with van der Waals surface area (Å²) in [7, 11) is 1.61. The molecule has 0 amide bonds. The first-order valence-corrected chi connectivity index (χ1v) is 10.4. The van der Waals surface area contributed by atoms with Crippen LogP contribution in [0.1, 0.15) is 11.4 Å². The van der Waals surface area contributed by atoms with Crippen molar-refractivity contribution < 1.29 is 9.84 Å². The minimum Gasteiger partial charge on any atom is -0.507 e. The number of para-hydroxylation sites is 2. The lowest BCUT2D eigenvalue weighted by Crippen LogP contribution is -2.22. The summed E-state index contributed by atoms with van der Waals surface area (Å²) < 4.78 is 7.72. The standard InChI is InChI=1S/C24H17N3O3S/c1-30-16-11-12-19-21(14-16)31-24(26-19)27-22(13-10-15-6-2-5-9-20(15)28)25-18-8-4-3-7-17(18)23(27)29/h2-14,28H,1H3. The van der Waals surface area contributed by atoms with Crippen LogP contribution >= 0.6 is 11.3 Å². The normalized spacial score (nSPS) is 11.5. The highest BCUT2D eigenvalue weighted by Crippen LogP contribution is 2.29. The summed E-state index contributed by atoms with van der Waals surface area (Å²) in [6.07, 6.45) is 3.45. The summed E-state index contributed by atoms with van der Waals surface area (Å²) in [5, 5.41) is 11.1. The minimum atomic E-state index is -0.200. The maximum Gasteiger partial charge on any atom is 0.268 e. The largest absolute Gasteiger partial charge is 0.507 e. The zero-order valence-electron chi connectivity index (χ0n) is 16.5. The molecule has 2 heterocycles. The fraction of sp³-hybridized carbons (Fsp3) is 0.0417. The maximum absolute atomic E-state index is 13.4. The number of phenolic OH excluding ortho intramolecular Hbond substituents is 1. The van der Waals surface area contributed by atoms with Crippen molar-refractivity contribution in [1.82, 2.24) is 14.5 Å². The van der Waals surface area contributed by atoms with Crippen LogP contribution in [0.2, 0.25) is 0 Å². The molecular formula is C24H17N3O3S. The Kier molecular flexibility index (Phi) is 4.72. The summed E-state index contributed by atoms with van der Waals surface area (Å²) in [6, 6.07) is 19.8. The molecule has 6 nitrogen and oxygen atoms in total. The molecule has 0 fully saturated rings. The quantitative estimate of drug-likeness (QED) is 0.442. The van der Waals surface area contributed by atoms with Gasteiger partial charge < -0.3 is 9.84 Å². The molecule has 0 atom stereocenters. The highest BCUT2D eigenvalue weighted by molar-refractivity contribution is 7.20. The summed E-state index contributed by atoms with van der Waals surface area (Å²) in [6.45, 7) is 0. The van der Waals surface area contributed by atoms with Crippen LogP contribution in [0, 0.1) is 0 Å². The van der Waals surface area contributed by atoms with Crippen LogP contribution < -0.4 is 10.3 Å². The van der Waals surface area contributed by atoms with Crippen molar-refractivity contribution >= 4 is 44.6 Å². The lowest BCUT2D eigenvalue weighted by molar-refractivity contribution is 0.415. The van der Waals surface area contributed by atoms with Gasteiger partial charge in [0.2, 0.25) is 0 Å². The summed E-state index contributed by atoms with van der Waals surface area (Å²) >= 11 is 1.39. The topological polar surface area (TPSA) is 77.2 Å². The Hall–Kier alpha value is -3.97. The van der Waals surface area contributed by atoms with Crippen LogP contribution in [-0.2, 0) is 0 Å². The molecule has 0 bridgehead atoms. The van der Waals surface area contributed by atoms with E-state index >= 15 is 0 Å². The van der Waals surface area contributed by atoms with Gasteiger partial charge in [-0.1, -0.05) is 41.7 Å². The van der Waals surface area contributed by atoms with E-state index in [9.17, 15) is 9.90 Å². The first-order chi connectivity index (χ1) is 15.1. The predicted molar refractivity (Wildman–Crippen MR) is 124 cm³/mol. The number of rotatable bonds is 4. The first-order valence-electron chi connectivity index (χ1n) is 9.57. The number of benzene rings is 3. The van der Waals surface area contributed by atoms with Gasteiger partial charge >= 0.3 is 0 Å². The SMILES string of the molecule is COc1ccc2nc(-n3c(C=Cc4ccccc4O)nc4ccccc4c3=O)sc2c1. The van der Waals surface area contributed by atoms with Crippen LogP contribution in [0.4, 0.5) is 0 Å². The van der Waals surface area contributed by atoms with Crippen LogP contribution in [-0.4, -0.2) is 26.8 Å². The molecule has 0 radical (unpaired) electrons.